The van der Waals surface area contributed by atoms with E-state index in [2.05, 4.69) is 43.4 Å². The van der Waals surface area contributed by atoms with E-state index in [1.54, 1.807) is 0 Å². The highest BCUT2D eigenvalue weighted by molar-refractivity contribution is 5.25. The Bertz CT molecular complexity index is 445. The molecule has 116 valence electrons. The molecular weight excluding hydrogens is 258 g/mol. The first kappa shape index (κ1) is 15.1. The third kappa shape index (κ3) is 3.32. The second-order valence-electron chi connectivity index (χ2n) is 6.87. The molecule has 1 unspecified atom stereocenters. The van der Waals surface area contributed by atoms with Crippen molar-refractivity contribution in [1.29, 1.82) is 0 Å². The Hall–Kier alpha value is -0.860. The van der Waals surface area contributed by atoms with Crippen LogP contribution >= 0.6 is 0 Å². The predicted octanol–water partition coefficient (Wildman–Crippen LogP) is 4.25. The molecule has 1 aromatic rings. The number of benzene rings is 1. The molecule has 1 saturated heterocycles. The number of morpholine rings is 1. The molecule has 1 aliphatic heterocycles. The normalized spacial score (nSPS) is 33.2. The van der Waals surface area contributed by atoms with Gasteiger partial charge < -0.3 is 10.1 Å². The number of hydrogen-bond acceptors (Lipinski definition) is 2. The highest BCUT2D eigenvalue weighted by atomic mass is 16.5. The Morgan fingerprint density at radius 1 is 1.14 bits per heavy atom. The molecule has 1 N–H and O–H groups in total. The molecule has 2 heteroatoms. The van der Waals surface area contributed by atoms with Gasteiger partial charge in [-0.3, -0.25) is 0 Å². The van der Waals surface area contributed by atoms with E-state index in [-0.39, 0.29) is 11.7 Å². The molecule has 1 saturated carbocycles. The maximum absolute atomic E-state index is 6.60. The van der Waals surface area contributed by atoms with Crippen LogP contribution in [0, 0.1) is 5.92 Å². The topological polar surface area (TPSA) is 21.3 Å². The molecule has 2 aliphatic rings. The van der Waals surface area contributed by atoms with Gasteiger partial charge in [0.25, 0.3) is 0 Å². The molecule has 1 spiro atoms. The fourth-order valence-corrected chi connectivity index (χ4v) is 3.88. The molecule has 0 radical (unpaired) electrons. The van der Waals surface area contributed by atoms with Crippen LogP contribution in [-0.2, 0) is 11.2 Å². The van der Waals surface area contributed by atoms with Crippen LogP contribution in [0.4, 0.5) is 0 Å². The van der Waals surface area contributed by atoms with Crippen molar-refractivity contribution in [2.75, 3.05) is 13.1 Å². The van der Waals surface area contributed by atoms with Gasteiger partial charge in [0.2, 0.25) is 0 Å². The smallest absolute Gasteiger partial charge is 0.0957 e. The van der Waals surface area contributed by atoms with Gasteiger partial charge in [-0.15, -0.1) is 0 Å². The maximum atomic E-state index is 6.60. The molecule has 0 aromatic heterocycles. The zero-order chi connectivity index (χ0) is 14.7. The van der Waals surface area contributed by atoms with Crippen molar-refractivity contribution in [3.63, 3.8) is 0 Å². The number of rotatable bonds is 3. The van der Waals surface area contributed by atoms with Gasteiger partial charge in [-0.1, -0.05) is 44.5 Å². The van der Waals surface area contributed by atoms with E-state index in [0.717, 1.165) is 25.4 Å². The quantitative estimate of drug-likeness (QED) is 0.897. The van der Waals surface area contributed by atoms with Crippen LogP contribution in [0.2, 0.25) is 0 Å². The molecule has 1 atom stereocenters. The molecule has 3 rings (SSSR count). The minimum atomic E-state index is 0.0953. The number of ether oxygens (including phenoxy) is 1. The average Bonchev–Trinajstić information content (AvgIpc) is 2.56. The van der Waals surface area contributed by atoms with Gasteiger partial charge in [0.05, 0.1) is 11.7 Å². The summed E-state index contributed by atoms with van der Waals surface area (Å²) in [5.41, 5.74) is 2.83. The minimum absolute atomic E-state index is 0.0953. The van der Waals surface area contributed by atoms with E-state index in [9.17, 15) is 0 Å². The summed E-state index contributed by atoms with van der Waals surface area (Å²) in [5.74, 6) is 0.920. The number of nitrogens with one attached hydrogen (secondary N) is 1. The third-order valence-corrected chi connectivity index (χ3v) is 5.52. The molecule has 0 bridgehead atoms. The lowest BCUT2D eigenvalue weighted by Gasteiger charge is -2.46. The van der Waals surface area contributed by atoms with Crippen LogP contribution in [0.25, 0.3) is 0 Å². The van der Waals surface area contributed by atoms with Crippen molar-refractivity contribution in [2.45, 2.75) is 64.1 Å². The summed E-state index contributed by atoms with van der Waals surface area (Å²) in [4.78, 5) is 0. The van der Waals surface area contributed by atoms with Crippen LogP contribution < -0.4 is 5.32 Å². The van der Waals surface area contributed by atoms with E-state index in [4.69, 9.17) is 4.74 Å². The van der Waals surface area contributed by atoms with Crippen molar-refractivity contribution in [3.8, 4) is 0 Å². The maximum Gasteiger partial charge on any atom is 0.0957 e. The Balaban J connectivity index is 1.67. The third-order valence-electron chi connectivity index (χ3n) is 5.52. The van der Waals surface area contributed by atoms with E-state index in [0.29, 0.717) is 0 Å². The number of aryl methyl sites for hydroxylation is 1. The average molecular weight is 287 g/mol. The predicted molar refractivity (Wildman–Crippen MR) is 87.5 cm³/mol. The monoisotopic (exact) mass is 287 g/mol. The van der Waals surface area contributed by atoms with Crippen molar-refractivity contribution in [1.82, 2.24) is 5.32 Å². The van der Waals surface area contributed by atoms with Crippen LogP contribution in [0.5, 0.6) is 0 Å². The van der Waals surface area contributed by atoms with E-state index in [1.807, 2.05) is 0 Å². The van der Waals surface area contributed by atoms with Crippen molar-refractivity contribution < 1.29 is 4.74 Å². The zero-order valence-corrected chi connectivity index (χ0v) is 13.5. The molecule has 1 aromatic carbocycles. The van der Waals surface area contributed by atoms with Gasteiger partial charge in [-0.2, -0.15) is 0 Å². The fourth-order valence-electron chi connectivity index (χ4n) is 3.88. The van der Waals surface area contributed by atoms with E-state index >= 15 is 0 Å². The van der Waals surface area contributed by atoms with Crippen LogP contribution in [0.15, 0.2) is 24.3 Å². The minimum Gasteiger partial charge on any atom is -0.364 e. The molecule has 2 nitrogen and oxygen atoms in total. The van der Waals surface area contributed by atoms with Gasteiger partial charge in [0, 0.05) is 13.1 Å². The molecule has 2 fully saturated rings. The van der Waals surface area contributed by atoms with Crippen LogP contribution in [-0.4, -0.2) is 18.7 Å². The lowest BCUT2D eigenvalue weighted by Crippen LogP contribution is -2.52. The summed E-state index contributed by atoms with van der Waals surface area (Å²) in [6, 6.07) is 8.99. The largest absolute Gasteiger partial charge is 0.364 e. The molecule has 1 heterocycles. The summed E-state index contributed by atoms with van der Waals surface area (Å²) in [6.07, 6.45) is 7.77. The Kier molecular flexibility index (Phi) is 4.66. The van der Waals surface area contributed by atoms with Crippen molar-refractivity contribution >= 4 is 0 Å². The van der Waals surface area contributed by atoms with Crippen LogP contribution in [0.1, 0.15) is 63.2 Å². The van der Waals surface area contributed by atoms with E-state index < -0.39 is 0 Å². The summed E-state index contributed by atoms with van der Waals surface area (Å²) in [5, 5.41) is 3.63. The lowest BCUT2D eigenvalue weighted by molar-refractivity contribution is -0.141. The fraction of sp³-hybridized carbons (Fsp3) is 0.684. The van der Waals surface area contributed by atoms with Gasteiger partial charge >= 0.3 is 0 Å². The second-order valence-corrected chi connectivity index (χ2v) is 6.87. The molecular formula is C19H29NO. The first-order chi connectivity index (χ1) is 10.2. The Morgan fingerprint density at radius 3 is 2.48 bits per heavy atom. The lowest BCUT2D eigenvalue weighted by atomic mass is 9.77. The highest BCUT2D eigenvalue weighted by Crippen LogP contribution is 2.40. The Labute approximate surface area is 129 Å². The second kappa shape index (κ2) is 6.50. The van der Waals surface area contributed by atoms with Gasteiger partial charge in [0.15, 0.2) is 0 Å². The first-order valence-electron chi connectivity index (χ1n) is 8.72. The summed E-state index contributed by atoms with van der Waals surface area (Å²) >= 11 is 0. The van der Waals surface area contributed by atoms with Crippen molar-refractivity contribution in [2.24, 2.45) is 5.92 Å². The van der Waals surface area contributed by atoms with Gasteiger partial charge in [-0.25, -0.2) is 0 Å². The number of hydrogen-bond donors (Lipinski definition) is 1. The van der Waals surface area contributed by atoms with Gasteiger partial charge in [0.1, 0.15) is 0 Å². The summed E-state index contributed by atoms with van der Waals surface area (Å²) in [6.45, 7) is 6.51. The highest BCUT2D eigenvalue weighted by Gasteiger charge is 2.40. The first-order valence-corrected chi connectivity index (χ1v) is 8.72. The Morgan fingerprint density at radius 2 is 1.86 bits per heavy atom. The zero-order valence-electron chi connectivity index (χ0n) is 13.5. The summed E-state index contributed by atoms with van der Waals surface area (Å²) in [7, 11) is 0. The van der Waals surface area contributed by atoms with Gasteiger partial charge in [-0.05, 0) is 49.1 Å². The molecule has 0 amide bonds. The van der Waals surface area contributed by atoms with Crippen molar-refractivity contribution in [3.05, 3.63) is 35.4 Å². The van der Waals surface area contributed by atoms with E-state index in [1.165, 1.54) is 43.2 Å². The standard InChI is InChI=1S/C19H29NO/c1-3-15-5-7-17(8-6-15)18-13-20-14-19(21-18)11-9-16(4-2)10-12-19/h5-8,16,18,20H,3-4,9-14H2,1-2H3. The summed E-state index contributed by atoms with van der Waals surface area (Å²) < 4.78 is 6.60. The van der Waals surface area contributed by atoms with Crippen LogP contribution in [0.3, 0.4) is 0 Å². The molecule has 21 heavy (non-hydrogen) atoms. The SMILES string of the molecule is CCc1ccc(C2CNCC3(CCC(CC)CC3)O2)cc1. The molecule has 1 aliphatic carbocycles.